The highest BCUT2D eigenvalue weighted by molar-refractivity contribution is 7.91. The topological polar surface area (TPSA) is 60.2 Å². The minimum atomic E-state index is -3.00. The average molecular weight is 273 g/mol. The summed E-state index contributed by atoms with van der Waals surface area (Å²) >= 11 is 0. The zero-order valence-electron chi connectivity index (χ0n) is 10.6. The summed E-state index contributed by atoms with van der Waals surface area (Å²) in [6, 6.07) is 6.19. The average Bonchev–Trinajstić information content (AvgIpc) is 2.29. The third-order valence-corrected chi connectivity index (χ3v) is 4.79. The molecule has 1 aromatic rings. The Bertz CT molecular complexity index is 474. The normalized spacial score (nSPS) is 13.5. The molecule has 0 saturated heterocycles. The Morgan fingerprint density at radius 3 is 2.61 bits per heavy atom. The third-order valence-electron chi connectivity index (χ3n) is 2.90. The fourth-order valence-corrected chi connectivity index (χ4v) is 3.39. The molecule has 0 fully saturated rings. The van der Waals surface area contributed by atoms with Crippen molar-refractivity contribution in [3.63, 3.8) is 0 Å². The molecule has 0 radical (unpaired) electrons. The first-order valence-electron chi connectivity index (χ1n) is 6.14. The molecule has 2 N–H and O–H groups in total. The van der Waals surface area contributed by atoms with Crippen LogP contribution in [-0.2, 0) is 9.84 Å². The predicted octanol–water partition coefficient (Wildman–Crippen LogP) is 2.08. The van der Waals surface area contributed by atoms with Crippen molar-refractivity contribution in [2.75, 3.05) is 18.1 Å². The van der Waals surface area contributed by atoms with E-state index in [4.69, 9.17) is 5.73 Å². The molecule has 0 saturated carbocycles. The summed E-state index contributed by atoms with van der Waals surface area (Å²) in [5.74, 6) is -0.109. The second-order valence-corrected chi connectivity index (χ2v) is 6.73. The molecule has 1 unspecified atom stereocenters. The van der Waals surface area contributed by atoms with Crippen LogP contribution < -0.4 is 5.73 Å². The first-order chi connectivity index (χ1) is 8.48. The first kappa shape index (κ1) is 15.1. The lowest BCUT2D eigenvalue weighted by molar-refractivity contribution is 0.581. The SMILES string of the molecule is CCCS(=O)(=O)CCC(CN)c1cccc(F)c1. The van der Waals surface area contributed by atoms with Gasteiger partial charge in [0.25, 0.3) is 0 Å². The van der Waals surface area contributed by atoms with Crippen molar-refractivity contribution in [3.8, 4) is 0 Å². The second kappa shape index (κ2) is 6.85. The summed E-state index contributed by atoms with van der Waals surface area (Å²) in [6.45, 7) is 2.16. The number of benzene rings is 1. The number of nitrogens with two attached hydrogens (primary N) is 1. The van der Waals surface area contributed by atoms with Crippen LogP contribution in [0.5, 0.6) is 0 Å². The zero-order valence-corrected chi connectivity index (χ0v) is 11.4. The lowest BCUT2D eigenvalue weighted by atomic mass is 9.97. The Labute approximate surface area is 108 Å². The monoisotopic (exact) mass is 273 g/mol. The molecule has 0 bridgehead atoms. The quantitative estimate of drug-likeness (QED) is 0.827. The van der Waals surface area contributed by atoms with E-state index >= 15 is 0 Å². The molecule has 1 rings (SSSR count). The van der Waals surface area contributed by atoms with Crippen molar-refractivity contribution in [2.24, 2.45) is 5.73 Å². The van der Waals surface area contributed by atoms with Gasteiger partial charge < -0.3 is 5.73 Å². The van der Waals surface area contributed by atoms with Crippen molar-refractivity contribution >= 4 is 9.84 Å². The molecule has 102 valence electrons. The van der Waals surface area contributed by atoms with Gasteiger partial charge in [0.15, 0.2) is 0 Å². The number of rotatable bonds is 7. The van der Waals surface area contributed by atoms with Gasteiger partial charge in [0.05, 0.1) is 5.75 Å². The van der Waals surface area contributed by atoms with Crippen molar-refractivity contribution in [1.29, 1.82) is 0 Å². The third kappa shape index (κ3) is 4.74. The highest BCUT2D eigenvalue weighted by Crippen LogP contribution is 2.20. The summed E-state index contributed by atoms with van der Waals surface area (Å²) in [4.78, 5) is 0. The van der Waals surface area contributed by atoms with Gasteiger partial charge in [-0.1, -0.05) is 19.1 Å². The number of hydrogen-bond acceptors (Lipinski definition) is 3. The highest BCUT2D eigenvalue weighted by Gasteiger charge is 2.16. The lowest BCUT2D eigenvalue weighted by Crippen LogP contribution is -2.18. The van der Waals surface area contributed by atoms with Gasteiger partial charge in [-0.3, -0.25) is 0 Å². The Morgan fingerprint density at radius 2 is 2.06 bits per heavy atom. The molecule has 18 heavy (non-hydrogen) atoms. The van der Waals surface area contributed by atoms with Gasteiger partial charge in [-0.25, -0.2) is 12.8 Å². The van der Waals surface area contributed by atoms with Gasteiger partial charge in [0.2, 0.25) is 0 Å². The number of hydrogen-bond donors (Lipinski definition) is 1. The van der Waals surface area contributed by atoms with Gasteiger partial charge in [-0.2, -0.15) is 0 Å². The van der Waals surface area contributed by atoms with Gasteiger partial charge in [-0.05, 0) is 43.0 Å². The smallest absolute Gasteiger partial charge is 0.150 e. The molecule has 5 heteroatoms. The summed E-state index contributed by atoms with van der Waals surface area (Å²) < 4.78 is 36.4. The van der Waals surface area contributed by atoms with Crippen LogP contribution in [0.3, 0.4) is 0 Å². The molecule has 0 heterocycles. The maximum atomic E-state index is 13.1. The molecule has 0 aliphatic rings. The number of halogens is 1. The van der Waals surface area contributed by atoms with E-state index < -0.39 is 9.84 Å². The summed E-state index contributed by atoms with van der Waals surface area (Å²) in [5.41, 5.74) is 6.41. The van der Waals surface area contributed by atoms with Crippen molar-refractivity contribution in [3.05, 3.63) is 35.6 Å². The largest absolute Gasteiger partial charge is 0.330 e. The van der Waals surface area contributed by atoms with Crippen molar-refractivity contribution < 1.29 is 12.8 Å². The van der Waals surface area contributed by atoms with Crippen LogP contribution in [0, 0.1) is 5.82 Å². The van der Waals surface area contributed by atoms with Crippen LogP contribution in [0.2, 0.25) is 0 Å². The van der Waals surface area contributed by atoms with Crippen molar-refractivity contribution in [1.82, 2.24) is 0 Å². The van der Waals surface area contributed by atoms with E-state index in [1.807, 2.05) is 6.92 Å². The molecule has 0 aliphatic carbocycles. The second-order valence-electron chi connectivity index (χ2n) is 4.43. The standard InChI is InChI=1S/C13H20FNO2S/c1-2-7-18(16,17)8-6-12(10-15)11-4-3-5-13(14)9-11/h3-5,9,12H,2,6-8,10,15H2,1H3. The minimum absolute atomic E-state index is 0.104. The van der Waals surface area contributed by atoms with E-state index in [1.54, 1.807) is 12.1 Å². The Hall–Kier alpha value is -0.940. The first-order valence-corrected chi connectivity index (χ1v) is 7.96. The van der Waals surface area contributed by atoms with E-state index in [2.05, 4.69) is 0 Å². The minimum Gasteiger partial charge on any atom is -0.330 e. The van der Waals surface area contributed by atoms with Gasteiger partial charge in [0, 0.05) is 5.75 Å². The highest BCUT2D eigenvalue weighted by atomic mass is 32.2. The Morgan fingerprint density at radius 1 is 1.33 bits per heavy atom. The Kier molecular flexibility index (Phi) is 5.75. The van der Waals surface area contributed by atoms with Gasteiger partial charge >= 0.3 is 0 Å². The van der Waals surface area contributed by atoms with Gasteiger partial charge in [-0.15, -0.1) is 0 Å². The molecule has 0 aromatic heterocycles. The van der Waals surface area contributed by atoms with Crippen LogP contribution in [0.15, 0.2) is 24.3 Å². The zero-order chi connectivity index (χ0) is 13.6. The lowest BCUT2D eigenvalue weighted by Gasteiger charge is -2.15. The molecule has 1 atom stereocenters. The fourth-order valence-electron chi connectivity index (χ4n) is 1.92. The summed E-state index contributed by atoms with van der Waals surface area (Å²) in [6.07, 6.45) is 1.07. The van der Waals surface area contributed by atoms with E-state index in [9.17, 15) is 12.8 Å². The van der Waals surface area contributed by atoms with E-state index in [1.165, 1.54) is 12.1 Å². The molecule has 0 spiro atoms. The Balaban J connectivity index is 2.69. The van der Waals surface area contributed by atoms with E-state index in [-0.39, 0.29) is 23.2 Å². The number of sulfone groups is 1. The van der Waals surface area contributed by atoms with E-state index in [0.717, 1.165) is 5.56 Å². The summed E-state index contributed by atoms with van der Waals surface area (Å²) in [5, 5.41) is 0. The molecular weight excluding hydrogens is 253 g/mol. The predicted molar refractivity (Wildman–Crippen MR) is 71.8 cm³/mol. The summed E-state index contributed by atoms with van der Waals surface area (Å²) in [7, 11) is -3.00. The molecular formula is C13H20FNO2S. The van der Waals surface area contributed by atoms with Crippen LogP contribution >= 0.6 is 0 Å². The fraction of sp³-hybridized carbons (Fsp3) is 0.538. The maximum absolute atomic E-state index is 13.1. The van der Waals surface area contributed by atoms with Crippen LogP contribution in [0.4, 0.5) is 4.39 Å². The van der Waals surface area contributed by atoms with Crippen LogP contribution in [-0.4, -0.2) is 26.5 Å². The van der Waals surface area contributed by atoms with Crippen molar-refractivity contribution in [2.45, 2.75) is 25.7 Å². The van der Waals surface area contributed by atoms with E-state index in [0.29, 0.717) is 19.4 Å². The maximum Gasteiger partial charge on any atom is 0.150 e. The molecule has 3 nitrogen and oxygen atoms in total. The van der Waals surface area contributed by atoms with Crippen LogP contribution in [0.25, 0.3) is 0 Å². The molecule has 0 aliphatic heterocycles. The van der Waals surface area contributed by atoms with Crippen LogP contribution in [0.1, 0.15) is 31.2 Å². The molecule has 1 aromatic carbocycles. The van der Waals surface area contributed by atoms with Gasteiger partial charge in [0.1, 0.15) is 15.7 Å². The molecule has 0 amide bonds.